The van der Waals surface area contributed by atoms with Gasteiger partial charge in [-0.2, -0.15) is 0 Å². The van der Waals surface area contributed by atoms with Crippen LogP contribution in [-0.4, -0.2) is 37.5 Å². The Morgan fingerprint density at radius 3 is 2.23 bits per heavy atom. The second kappa shape index (κ2) is 11.5. The van der Waals surface area contributed by atoms with Crippen LogP contribution < -0.4 is 18.9 Å². The Morgan fingerprint density at radius 1 is 0.903 bits per heavy atom. The molecule has 0 aliphatic carbocycles. The summed E-state index contributed by atoms with van der Waals surface area (Å²) in [6.45, 7) is 5.10. The van der Waals surface area contributed by atoms with Crippen molar-refractivity contribution in [2.75, 3.05) is 27.4 Å². The molecular formula is C24H30ClNO5. The topological polar surface area (TPSA) is 70.0 Å². The smallest absolute Gasteiger partial charge is 0.203 e. The van der Waals surface area contributed by atoms with Gasteiger partial charge in [-0.25, -0.2) is 0 Å². The summed E-state index contributed by atoms with van der Waals surface area (Å²) in [6, 6.07) is 7.65. The van der Waals surface area contributed by atoms with Gasteiger partial charge in [-0.3, -0.25) is 4.98 Å². The van der Waals surface area contributed by atoms with Crippen LogP contribution in [-0.2, 0) is 6.42 Å². The molecule has 1 N–H and O–H groups in total. The van der Waals surface area contributed by atoms with Gasteiger partial charge in [0.25, 0.3) is 0 Å². The molecule has 3 aromatic rings. The van der Waals surface area contributed by atoms with Gasteiger partial charge in [0, 0.05) is 17.8 Å². The predicted octanol–water partition coefficient (Wildman–Crippen LogP) is 5.55. The number of pyridine rings is 1. The van der Waals surface area contributed by atoms with Crippen molar-refractivity contribution in [1.29, 1.82) is 0 Å². The first-order chi connectivity index (χ1) is 14.6. The third-order valence-electron chi connectivity index (χ3n) is 4.92. The summed E-state index contributed by atoms with van der Waals surface area (Å²) in [4.78, 5) is 4.32. The molecule has 0 saturated heterocycles. The molecule has 168 valence electrons. The zero-order valence-corrected chi connectivity index (χ0v) is 19.3. The van der Waals surface area contributed by atoms with Gasteiger partial charge in [0.1, 0.15) is 0 Å². The number of ether oxygens (including phenoxy) is 4. The number of nitrogens with zero attached hydrogens (tertiary/aromatic N) is 1. The van der Waals surface area contributed by atoms with Crippen molar-refractivity contribution in [3.63, 3.8) is 0 Å². The average Bonchev–Trinajstić information content (AvgIpc) is 2.76. The summed E-state index contributed by atoms with van der Waals surface area (Å²) >= 11 is 0. The summed E-state index contributed by atoms with van der Waals surface area (Å²) in [6.07, 6.45) is 6.08. The van der Waals surface area contributed by atoms with Crippen LogP contribution in [0.25, 0.3) is 10.8 Å². The zero-order valence-electron chi connectivity index (χ0n) is 18.4. The highest BCUT2D eigenvalue weighted by Gasteiger charge is 2.16. The molecule has 1 heterocycles. The van der Waals surface area contributed by atoms with E-state index in [1.165, 1.54) is 0 Å². The number of hydrogen-bond donors (Lipinski definition) is 1. The van der Waals surface area contributed by atoms with E-state index < -0.39 is 0 Å². The van der Waals surface area contributed by atoms with Crippen LogP contribution in [0.1, 0.15) is 37.8 Å². The van der Waals surface area contributed by atoms with E-state index in [2.05, 4.69) is 11.9 Å². The van der Waals surface area contributed by atoms with Crippen LogP contribution in [0.5, 0.6) is 28.7 Å². The molecule has 6 nitrogen and oxygen atoms in total. The molecule has 0 bridgehead atoms. The van der Waals surface area contributed by atoms with Gasteiger partial charge in [0.2, 0.25) is 5.75 Å². The highest BCUT2D eigenvalue weighted by Crippen LogP contribution is 2.40. The van der Waals surface area contributed by atoms with Gasteiger partial charge in [-0.05, 0) is 54.5 Å². The first kappa shape index (κ1) is 24.4. The normalized spacial score (nSPS) is 10.5. The lowest BCUT2D eigenvalue weighted by atomic mass is 9.99. The van der Waals surface area contributed by atoms with E-state index in [4.69, 9.17) is 18.9 Å². The molecule has 31 heavy (non-hydrogen) atoms. The molecule has 0 aliphatic rings. The minimum atomic E-state index is 0. The maximum Gasteiger partial charge on any atom is 0.203 e. The summed E-state index contributed by atoms with van der Waals surface area (Å²) in [5.74, 6) is 2.46. The lowest BCUT2D eigenvalue weighted by Crippen LogP contribution is -2.03. The van der Waals surface area contributed by atoms with Crippen LogP contribution in [0.4, 0.5) is 0 Å². The largest absolute Gasteiger partial charge is 0.504 e. The van der Waals surface area contributed by atoms with Gasteiger partial charge < -0.3 is 24.1 Å². The van der Waals surface area contributed by atoms with E-state index in [1.807, 2.05) is 31.3 Å². The fourth-order valence-electron chi connectivity index (χ4n) is 3.40. The first-order valence-electron chi connectivity index (χ1n) is 10.2. The molecule has 0 atom stereocenters. The van der Waals surface area contributed by atoms with E-state index in [-0.39, 0.29) is 18.2 Å². The van der Waals surface area contributed by atoms with E-state index in [0.717, 1.165) is 29.4 Å². The van der Waals surface area contributed by atoms with Crippen molar-refractivity contribution in [2.45, 2.75) is 33.1 Å². The Hall–Kier alpha value is -2.86. The number of phenolic OH excluding ortho intramolecular Hbond substituents is 1. The van der Waals surface area contributed by atoms with Gasteiger partial charge in [0.05, 0.1) is 27.4 Å². The van der Waals surface area contributed by atoms with Crippen molar-refractivity contribution >= 4 is 23.2 Å². The summed E-state index contributed by atoms with van der Waals surface area (Å²) in [7, 11) is 3.25. The molecule has 3 rings (SSSR count). The molecule has 0 spiro atoms. The number of methoxy groups -OCH3 is 2. The van der Waals surface area contributed by atoms with Crippen molar-refractivity contribution in [2.24, 2.45) is 0 Å². The Labute approximate surface area is 189 Å². The van der Waals surface area contributed by atoms with Gasteiger partial charge >= 0.3 is 0 Å². The Balaban J connectivity index is 0.00000341. The molecule has 2 aromatic carbocycles. The summed E-state index contributed by atoms with van der Waals surface area (Å²) in [5.41, 5.74) is 1.98. The number of phenols is 1. The third-order valence-corrected chi connectivity index (χ3v) is 4.92. The maximum atomic E-state index is 10.6. The standard InChI is InChI=1S/C24H29NO5.ClH/c1-5-7-10-30-24-21(27-3)12-16(13-22(24)28-4)11-17-14-25-15-19-18(17)8-9-20(23(19)26)29-6-2;/h8-9,12-15,26H,5-7,10-11H2,1-4H3;1H. The average molecular weight is 448 g/mol. The van der Waals surface area contributed by atoms with Crippen LogP contribution in [0.15, 0.2) is 36.7 Å². The third kappa shape index (κ3) is 5.44. The van der Waals surface area contributed by atoms with Crippen LogP contribution in [0, 0.1) is 0 Å². The molecule has 0 unspecified atom stereocenters. The first-order valence-corrected chi connectivity index (χ1v) is 10.2. The number of unbranched alkanes of at least 4 members (excludes halogenated alkanes) is 1. The van der Waals surface area contributed by atoms with E-state index in [0.29, 0.717) is 48.0 Å². The predicted molar refractivity (Wildman–Crippen MR) is 125 cm³/mol. The molecular weight excluding hydrogens is 418 g/mol. The highest BCUT2D eigenvalue weighted by atomic mass is 35.5. The van der Waals surface area contributed by atoms with Crippen molar-refractivity contribution in [1.82, 2.24) is 4.98 Å². The SMILES string of the molecule is CCCCOc1c(OC)cc(Cc2cncc3c(O)c(OCC)ccc23)cc1OC.Cl. The van der Waals surface area contributed by atoms with Crippen LogP contribution in [0.2, 0.25) is 0 Å². The zero-order chi connectivity index (χ0) is 21.5. The number of halogens is 1. The number of aromatic hydroxyl groups is 1. The van der Waals surface area contributed by atoms with Gasteiger partial charge in [-0.15, -0.1) is 12.4 Å². The van der Waals surface area contributed by atoms with Crippen molar-refractivity contribution in [3.05, 3.63) is 47.8 Å². The van der Waals surface area contributed by atoms with Crippen LogP contribution in [0.3, 0.4) is 0 Å². The molecule has 1 aromatic heterocycles. The Kier molecular flexibility index (Phi) is 9.06. The summed E-state index contributed by atoms with van der Waals surface area (Å²) < 4.78 is 22.5. The van der Waals surface area contributed by atoms with E-state index in [9.17, 15) is 5.11 Å². The van der Waals surface area contributed by atoms with Gasteiger partial charge in [-0.1, -0.05) is 19.4 Å². The monoisotopic (exact) mass is 447 g/mol. The number of fused-ring (bicyclic) bond motifs is 1. The number of rotatable bonds is 10. The summed E-state index contributed by atoms with van der Waals surface area (Å²) in [5, 5.41) is 12.1. The molecule has 0 radical (unpaired) electrons. The fourth-order valence-corrected chi connectivity index (χ4v) is 3.40. The second-order valence-electron chi connectivity index (χ2n) is 6.95. The lowest BCUT2D eigenvalue weighted by molar-refractivity contribution is 0.269. The second-order valence-corrected chi connectivity index (χ2v) is 6.95. The Morgan fingerprint density at radius 2 is 1.61 bits per heavy atom. The fraction of sp³-hybridized carbons (Fsp3) is 0.375. The number of aromatic nitrogens is 1. The van der Waals surface area contributed by atoms with Crippen LogP contribution >= 0.6 is 12.4 Å². The van der Waals surface area contributed by atoms with Crippen molar-refractivity contribution in [3.8, 4) is 28.7 Å². The quantitative estimate of drug-likeness (QED) is 0.411. The van der Waals surface area contributed by atoms with E-state index >= 15 is 0 Å². The minimum absolute atomic E-state index is 0. The number of hydrogen-bond acceptors (Lipinski definition) is 6. The number of benzene rings is 2. The minimum Gasteiger partial charge on any atom is -0.504 e. The molecule has 0 fully saturated rings. The van der Waals surface area contributed by atoms with Gasteiger partial charge in [0.15, 0.2) is 23.0 Å². The lowest BCUT2D eigenvalue weighted by Gasteiger charge is -2.16. The molecule has 7 heteroatoms. The highest BCUT2D eigenvalue weighted by molar-refractivity contribution is 5.92. The maximum absolute atomic E-state index is 10.6. The molecule has 0 amide bonds. The molecule has 0 aliphatic heterocycles. The van der Waals surface area contributed by atoms with E-state index in [1.54, 1.807) is 26.5 Å². The Bertz CT molecular complexity index is 984. The molecule has 0 saturated carbocycles. The van der Waals surface area contributed by atoms with Crippen molar-refractivity contribution < 1.29 is 24.1 Å².